The normalized spacial score (nSPS) is 18.9. The van der Waals surface area contributed by atoms with E-state index in [1.54, 1.807) is 7.05 Å². The molecular formula is C14H18F2N2O2. The Morgan fingerprint density at radius 3 is 2.65 bits per heavy atom. The van der Waals surface area contributed by atoms with E-state index in [0.717, 1.165) is 31.6 Å². The van der Waals surface area contributed by atoms with Crippen LogP contribution in [0, 0.1) is 17.6 Å². The van der Waals surface area contributed by atoms with Crippen molar-refractivity contribution in [1.82, 2.24) is 4.90 Å². The second-order valence-corrected chi connectivity index (χ2v) is 5.12. The highest BCUT2D eigenvalue weighted by atomic mass is 19.1. The van der Waals surface area contributed by atoms with Gasteiger partial charge in [0.1, 0.15) is 17.3 Å². The minimum Gasteiger partial charge on any atom is -0.394 e. The number of rotatable bonds is 3. The quantitative estimate of drug-likeness (QED) is 0.864. The van der Waals surface area contributed by atoms with Crippen molar-refractivity contribution in [1.29, 1.82) is 0 Å². The lowest BCUT2D eigenvalue weighted by molar-refractivity contribution is 0.0388. The smallest absolute Gasteiger partial charge is 0.253 e. The molecule has 1 atom stereocenters. The number of carbonyl (C=O) groups is 1. The van der Waals surface area contributed by atoms with Crippen LogP contribution in [0.2, 0.25) is 0 Å². The van der Waals surface area contributed by atoms with Gasteiger partial charge in [0, 0.05) is 25.8 Å². The summed E-state index contributed by atoms with van der Waals surface area (Å²) in [6, 6.07) is 1.93. The van der Waals surface area contributed by atoms with Gasteiger partial charge < -0.3 is 15.4 Å². The molecule has 0 spiro atoms. The Labute approximate surface area is 116 Å². The minimum absolute atomic E-state index is 0.0339. The van der Waals surface area contributed by atoms with E-state index in [9.17, 15) is 13.6 Å². The first-order valence-electron chi connectivity index (χ1n) is 6.56. The number of nitrogens with zero attached hydrogens (tertiary/aromatic N) is 1. The summed E-state index contributed by atoms with van der Waals surface area (Å²) >= 11 is 0. The third-order valence-electron chi connectivity index (χ3n) is 3.46. The molecule has 6 heteroatoms. The van der Waals surface area contributed by atoms with Gasteiger partial charge in [-0.05, 0) is 30.9 Å². The highest BCUT2D eigenvalue weighted by Gasteiger charge is 2.21. The van der Waals surface area contributed by atoms with Gasteiger partial charge in [-0.15, -0.1) is 0 Å². The van der Waals surface area contributed by atoms with Crippen LogP contribution in [0.3, 0.4) is 0 Å². The number of carbonyl (C=O) groups excluding carboxylic acids is 1. The SMILES string of the molecule is CN(CC1CCCOC1)C(=O)c1cc(F)c(N)c(F)c1. The van der Waals surface area contributed by atoms with Crippen LogP contribution in [0.15, 0.2) is 12.1 Å². The average molecular weight is 284 g/mol. The number of halogens is 2. The standard InChI is InChI=1S/C14H18F2N2O2/c1-18(7-9-3-2-4-20-8-9)14(19)10-5-11(15)13(17)12(16)6-10/h5-6,9H,2-4,7-8,17H2,1H3. The van der Waals surface area contributed by atoms with Crippen molar-refractivity contribution in [2.45, 2.75) is 12.8 Å². The maximum absolute atomic E-state index is 13.4. The molecule has 1 aromatic rings. The predicted octanol–water partition coefficient (Wildman–Crippen LogP) is 2.05. The largest absolute Gasteiger partial charge is 0.394 e. The molecule has 1 unspecified atom stereocenters. The van der Waals surface area contributed by atoms with Crippen LogP contribution in [0.25, 0.3) is 0 Å². The zero-order chi connectivity index (χ0) is 14.7. The molecule has 0 aliphatic carbocycles. The van der Waals surface area contributed by atoms with E-state index in [0.29, 0.717) is 13.2 Å². The molecule has 0 bridgehead atoms. The Bertz CT molecular complexity index is 479. The Morgan fingerprint density at radius 1 is 1.45 bits per heavy atom. The first-order chi connectivity index (χ1) is 9.49. The number of amides is 1. The first kappa shape index (κ1) is 14.7. The third kappa shape index (κ3) is 3.25. The van der Waals surface area contributed by atoms with Crippen molar-refractivity contribution in [2.24, 2.45) is 5.92 Å². The number of anilines is 1. The summed E-state index contributed by atoms with van der Waals surface area (Å²) in [5, 5.41) is 0. The lowest BCUT2D eigenvalue weighted by Gasteiger charge is -2.27. The number of ether oxygens (including phenoxy) is 1. The molecule has 1 aliphatic heterocycles. The van der Waals surface area contributed by atoms with E-state index >= 15 is 0 Å². The molecule has 0 radical (unpaired) electrons. The van der Waals surface area contributed by atoms with Gasteiger partial charge in [0.25, 0.3) is 5.91 Å². The summed E-state index contributed by atoms with van der Waals surface area (Å²) in [7, 11) is 1.61. The lowest BCUT2D eigenvalue weighted by atomic mass is 10.0. The van der Waals surface area contributed by atoms with E-state index in [1.165, 1.54) is 4.90 Å². The second kappa shape index (κ2) is 6.17. The van der Waals surface area contributed by atoms with Crippen LogP contribution in [0.5, 0.6) is 0 Å². The molecule has 0 aromatic heterocycles. The molecule has 2 N–H and O–H groups in total. The Morgan fingerprint density at radius 2 is 2.10 bits per heavy atom. The van der Waals surface area contributed by atoms with E-state index in [-0.39, 0.29) is 11.5 Å². The molecule has 0 saturated carbocycles. The van der Waals surface area contributed by atoms with Crippen LogP contribution < -0.4 is 5.73 Å². The summed E-state index contributed by atoms with van der Waals surface area (Å²) in [4.78, 5) is 13.6. The molecule has 4 nitrogen and oxygen atoms in total. The molecule has 20 heavy (non-hydrogen) atoms. The molecule has 2 rings (SSSR count). The Kier molecular flexibility index (Phi) is 4.54. The molecular weight excluding hydrogens is 266 g/mol. The van der Waals surface area contributed by atoms with E-state index in [2.05, 4.69) is 0 Å². The van der Waals surface area contributed by atoms with Gasteiger partial charge in [0.05, 0.1) is 6.61 Å². The predicted molar refractivity (Wildman–Crippen MR) is 71.3 cm³/mol. The summed E-state index contributed by atoms with van der Waals surface area (Å²) in [5.74, 6) is -1.99. The van der Waals surface area contributed by atoms with Crippen molar-refractivity contribution < 1.29 is 18.3 Å². The van der Waals surface area contributed by atoms with E-state index < -0.39 is 23.2 Å². The van der Waals surface area contributed by atoms with Gasteiger partial charge in [-0.1, -0.05) is 0 Å². The molecule has 110 valence electrons. The monoisotopic (exact) mass is 284 g/mol. The summed E-state index contributed by atoms with van der Waals surface area (Å²) in [6.45, 7) is 1.87. The van der Waals surface area contributed by atoms with Gasteiger partial charge in [-0.25, -0.2) is 8.78 Å². The summed E-state index contributed by atoms with van der Waals surface area (Å²) < 4.78 is 32.1. The lowest BCUT2D eigenvalue weighted by Crippen LogP contribution is -2.35. The number of hydrogen-bond acceptors (Lipinski definition) is 3. The number of nitrogen functional groups attached to an aromatic ring is 1. The van der Waals surface area contributed by atoms with Crippen molar-refractivity contribution in [3.63, 3.8) is 0 Å². The highest BCUT2D eigenvalue weighted by Crippen LogP contribution is 2.20. The third-order valence-corrected chi connectivity index (χ3v) is 3.46. The zero-order valence-corrected chi connectivity index (χ0v) is 11.4. The average Bonchev–Trinajstić information content (AvgIpc) is 2.44. The highest BCUT2D eigenvalue weighted by molar-refractivity contribution is 5.94. The van der Waals surface area contributed by atoms with Gasteiger partial charge in [0.2, 0.25) is 0 Å². The fourth-order valence-corrected chi connectivity index (χ4v) is 2.35. The summed E-state index contributed by atoms with van der Waals surface area (Å²) in [5.41, 5.74) is 4.59. The number of hydrogen-bond donors (Lipinski definition) is 1. The number of benzene rings is 1. The molecule has 1 aromatic carbocycles. The first-order valence-corrected chi connectivity index (χ1v) is 6.56. The van der Waals surface area contributed by atoms with Gasteiger partial charge in [-0.2, -0.15) is 0 Å². The fourth-order valence-electron chi connectivity index (χ4n) is 2.35. The van der Waals surface area contributed by atoms with Gasteiger partial charge >= 0.3 is 0 Å². The van der Waals surface area contributed by atoms with Crippen molar-refractivity contribution >= 4 is 11.6 Å². The van der Waals surface area contributed by atoms with Crippen LogP contribution >= 0.6 is 0 Å². The van der Waals surface area contributed by atoms with E-state index in [1.807, 2.05) is 0 Å². The van der Waals surface area contributed by atoms with Crippen LogP contribution in [-0.4, -0.2) is 37.6 Å². The van der Waals surface area contributed by atoms with Crippen molar-refractivity contribution in [3.05, 3.63) is 29.3 Å². The zero-order valence-electron chi connectivity index (χ0n) is 11.4. The van der Waals surface area contributed by atoms with Gasteiger partial charge in [0.15, 0.2) is 0 Å². The molecule has 1 saturated heterocycles. The number of nitrogens with two attached hydrogens (primary N) is 1. The fraction of sp³-hybridized carbons (Fsp3) is 0.500. The molecule has 1 aliphatic rings. The summed E-state index contributed by atoms with van der Waals surface area (Å²) in [6.07, 6.45) is 1.96. The van der Waals surface area contributed by atoms with Crippen molar-refractivity contribution in [3.8, 4) is 0 Å². The van der Waals surface area contributed by atoms with Crippen LogP contribution in [0.4, 0.5) is 14.5 Å². The Balaban J connectivity index is 2.06. The Hall–Kier alpha value is -1.69. The molecule has 1 fully saturated rings. The van der Waals surface area contributed by atoms with Crippen molar-refractivity contribution in [2.75, 3.05) is 32.5 Å². The minimum atomic E-state index is -0.914. The second-order valence-electron chi connectivity index (χ2n) is 5.12. The van der Waals surface area contributed by atoms with E-state index in [4.69, 9.17) is 10.5 Å². The maximum atomic E-state index is 13.4. The molecule has 1 amide bonds. The topological polar surface area (TPSA) is 55.6 Å². The van der Waals surface area contributed by atoms with Gasteiger partial charge in [-0.3, -0.25) is 4.79 Å². The molecule has 1 heterocycles. The maximum Gasteiger partial charge on any atom is 0.253 e. The van der Waals surface area contributed by atoms with Crippen LogP contribution in [0.1, 0.15) is 23.2 Å². The van der Waals surface area contributed by atoms with Crippen LogP contribution in [-0.2, 0) is 4.74 Å².